The summed E-state index contributed by atoms with van der Waals surface area (Å²) >= 11 is 0. The molecule has 0 aromatic heterocycles. The van der Waals surface area contributed by atoms with Gasteiger partial charge in [-0.1, -0.05) is 42.5 Å². The first-order valence-corrected chi connectivity index (χ1v) is 12.8. The number of nitrogens with zero attached hydrogens (tertiary/aromatic N) is 1. The molecular formula is C30H30F3NO5. The molecule has 0 bridgehead atoms. The third kappa shape index (κ3) is 7.38. The second kappa shape index (κ2) is 11.9. The summed E-state index contributed by atoms with van der Waals surface area (Å²) in [5, 5.41) is 19.7. The fraction of sp³-hybridized carbons (Fsp3) is 0.333. The zero-order valence-corrected chi connectivity index (χ0v) is 21.3. The van der Waals surface area contributed by atoms with Crippen molar-refractivity contribution in [1.82, 2.24) is 4.90 Å². The van der Waals surface area contributed by atoms with Gasteiger partial charge in [0.05, 0.1) is 18.7 Å². The summed E-state index contributed by atoms with van der Waals surface area (Å²) in [4.78, 5) is 25.6. The van der Waals surface area contributed by atoms with Crippen molar-refractivity contribution in [3.05, 3.63) is 89.5 Å². The summed E-state index contributed by atoms with van der Waals surface area (Å²) in [6.45, 7) is 0.533. The molecule has 1 amide bonds. The summed E-state index contributed by atoms with van der Waals surface area (Å²) < 4.78 is 44.5. The van der Waals surface area contributed by atoms with Crippen LogP contribution in [-0.2, 0) is 17.5 Å². The second-order valence-corrected chi connectivity index (χ2v) is 9.69. The molecule has 0 unspecified atom stereocenters. The topological polar surface area (TPSA) is 87.1 Å². The Balaban J connectivity index is 1.44. The summed E-state index contributed by atoms with van der Waals surface area (Å²) in [5.74, 6) is -0.592. The molecule has 9 heteroatoms. The predicted octanol–water partition coefficient (Wildman–Crippen LogP) is 6.52. The summed E-state index contributed by atoms with van der Waals surface area (Å²) in [6, 6.07) is 18.7. The van der Waals surface area contributed by atoms with Crippen LogP contribution in [0, 0.1) is 0 Å². The molecule has 0 saturated heterocycles. The molecule has 2 N–H and O–H groups in total. The molecular weight excluding hydrogens is 511 g/mol. The number of unbranched alkanes of at least 4 members (excludes halogenated alkanes) is 2. The molecule has 1 aliphatic carbocycles. The smallest absolute Gasteiger partial charge is 0.416 e. The Bertz CT molecular complexity index is 1290. The van der Waals surface area contributed by atoms with Crippen LogP contribution >= 0.6 is 0 Å². The highest BCUT2D eigenvalue weighted by Gasteiger charge is 2.49. The van der Waals surface area contributed by atoms with Crippen LogP contribution in [0.5, 0.6) is 5.75 Å². The number of hydrogen-bond donors (Lipinski definition) is 2. The normalized spacial score (nSPS) is 14.1. The van der Waals surface area contributed by atoms with Gasteiger partial charge >= 0.3 is 12.1 Å². The number of carbonyl (C=O) groups excluding carboxylic acids is 1. The lowest BCUT2D eigenvalue weighted by molar-refractivity contribution is -0.138. The molecule has 4 rings (SSSR count). The van der Waals surface area contributed by atoms with Crippen molar-refractivity contribution >= 4 is 11.9 Å². The van der Waals surface area contributed by atoms with Gasteiger partial charge in [-0.2, -0.15) is 13.2 Å². The Morgan fingerprint density at radius 3 is 2.08 bits per heavy atom. The largest absolute Gasteiger partial charge is 0.493 e. The minimum absolute atomic E-state index is 0.123. The van der Waals surface area contributed by atoms with Crippen molar-refractivity contribution in [2.75, 3.05) is 6.61 Å². The van der Waals surface area contributed by atoms with Crippen molar-refractivity contribution in [1.29, 1.82) is 0 Å². The lowest BCUT2D eigenvalue weighted by atomic mass is 10.0. The van der Waals surface area contributed by atoms with E-state index in [4.69, 9.17) is 9.84 Å². The second-order valence-electron chi connectivity index (χ2n) is 9.69. The summed E-state index contributed by atoms with van der Waals surface area (Å²) in [6.07, 6.45) is -1.39. The van der Waals surface area contributed by atoms with Gasteiger partial charge < -0.3 is 19.8 Å². The maximum atomic E-state index is 13.5. The third-order valence-corrected chi connectivity index (χ3v) is 6.72. The van der Waals surface area contributed by atoms with Gasteiger partial charge in [-0.15, -0.1) is 0 Å². The van der Waals surface area contributed by atoms with Gasteiger partial charge in [-0.25, -0.2) is 0 Å². The average Bonchev–Trinajstić information content (AvgIpc) is 3.67. The molecule has 206 valence electrons. The molecule has 1 aliphatic rings. The minimum atomic E-state index is -4.41. The number of carboxylic acid groups (broad SMARTS) is 1. The van der Waals surface area contributed by atoms with E-state index in [1.807, 2.05) is 18.2 Å². The number of alkyl halides is 3. The Hall–Kier alpha value is -3.85. The number of aliphatic hydroxyl groups is 1. The van der Waals surface area contributed by atoms with Crippen LogP contribution in [0.1, 0.15) is 60.0 Å². The third-order valence-electron chi connectivity index (χ3n) is 6.72. The fourth-order valence-electron chi connectivity index (χ4n) is 4.29. The first-order valence-electron chi connectivity index (χ1n) is 12.8. The Morgan fingerprint density at radius 1 is 0.872 bits per heavy atom. The van der Waals surface area contributed by atoms with Gasteiger partial charge in [-0.05, 0) is 73.6 Å². The Morgan fingerprint density at radius 2 is 1.49 bits per heavy atom. The first-order chi connectivity index (χ1) is 18.6. The Kier molecular flexibility index (Phi) is 8.60. The number of aliphatic carboxylic acids is 1. The van der Waals surface area contributed by atoms with E-state index in [1.54, 1.807) is 30.3 Å². The van der Waals surface area contributed by atoms with Crippen LogP contribution in [0.3, 0.4) is 0 Å². The van der Waals surface area contributed by atoms with Crippen LogP contribution in [0.2, 0.25) is 0 Å². The van der Waals surface area contributed by atoms with Crippen molar-refractivity contribution in [2.45, 2.75) is 57.0 Å². The van der Waals surface area contributed by atoms with Crippen molar-refractivity contribution < 1.29 is 37.7 Å². The van der Waals surface area contributed by atoms with E-state index < -0.39 is 23.4 Å². The molecule has 0 radical (unpaired) electrons. The van der Waals surface area contributed by atoms with E-state index in [-0.39, 0.29) is 18.9 Å². The number of hydrogen-bond acceptors (Lipinski definition) is 4. The summed E-state index contributed by atoms with van der Waals surface area (Å²) in [7, 11) is 0. The van der Waals surface area contributed by atoms with Crippen LogP contribution in [0.15, 0.2) is 72.8 Å². The summed E-state index contributed by atoms with van der Waals surface area (Å²) in [5.41, 5.74) is 0.357. The minimum Gasteiger partial charge on any atom is -0.493 e. The van der Waals surface area contributed by atoms with Gasteiger partial charge in [0.25, 0.3) is 5.91 Å². The first kappa shape index (κ1) is 28.2. The predicted molar refractivity (Wildman–Crippen MR) is 139 cm³/mol. The number of rotatable bonds is 12. The van der Waals surface area contributed by atoms with Crippen molar-refractivity contribution in [3.63, 3.8) is 0 Å². The van der Waals surface area contributed by atoms with E-state index in [1.165, 1.54) is 17.0 Å². The highest BCUT2D eigenvalue weighted by atomic mass is 19.4. The van der Waals surface area contributed by atoms with E-state index >= 15 is 0 Å². The van der Waals surface area contributed by atoms with Crippen LogP contribution in [-0.4, -0.2) is 39.3 Å². The van der Waals surface area contributed by atoms with Gasteiger partial charge in [0, 0.05) is 17.5 Å². The van der Waals surface area contributed by atoms with Gasteiger partial charge in [0.2, 0.25) is 0 Å². The standard InChI is InChI=1S/C30H30F3NO5/c31-30(32,33)25-15-13-22(14-16-25)21-9-11-23(12-10-21)28(37)34(29(38)17-18-29)20-24-6-3-4-7-26(24)39-19-5-1-2-8-27(35)36/h3-4,6-7,9-16,38H,1-2,5,8,17-20H2,(H,35,36). The maximum Gasteiger partial charge on any atom is 0.416 e. The van der Waals surface area contributed by atoms with E-state index in [0.29, 0.717) is 54.7 Å². The maximum absolute atomic E-state index is 13.5. The number of carboxylic acids is 1. The molecule has 3 aromatic rings. The number of para-hydroxylation sites is 1. The lowest BCUT2D eigenvalue weighted by Gasteiger charge is -2.29. The van der Waals surface area contributed by atoms with E-state index in [9.17, 15) is 27.9 Å². The number of halogens is 3. The molecule has 6 nitrogen and oxygen atoms in total. The van der Waals surface area contributed by atoms with Crippen molar-refractivity contribution in [2.24, 2.45) is 0 Å². The SMILES string of the molecule is O=C(O)CCCCCOc1ccccc1CN(C(=O)c1ccc(-c2ccc(C(F)(F)F)cc2)cc1)C1(O)CC1. The monoisotopic (exact) mass is 541 g/mol. The van der Waals surface area contributed by atoms with Crippen LogP contribution in [0.4, 0.5) is 13.2 Å². The highest BCUT2D eigenvalue weighted by Crippen LogP contribution is 2.41. The molecule has 0 aliphatic heterocycles. The van der Waals surface area contributed by atoms with E-state index in [2.05, 4.69) is 0 Å². The molecule has 39 heavy (non-hydrogen) atoms. The zero-order chi connectivity index (χ0) is 28.0. The number of amides is 1. The van der Waals surface area contributed by atoms with E-state index in [0.717, 1.165) is 24.1 Å². The number of benzene rings is 3. The quantitative estimate of drug-likeness (QED) is 0.201. The van der Waals surface area contributed by atoms with Crippen LogP contribution < -0.4 is 4.74 Å². The number of ether oxygens (including phenoxy) is 1. The van der Waals surface area contributed by atoms with Gasteiger partial charge in [-0.3, -0.25) is 9.59 Å². The van der Waals surface area contributed by atoms with Crippen LogP contribution in [0.25, 0.3) is 11.1 Å². The fourth-order valence-corrected chi connectivity index (χ4v) is 4.29. The molecule has 0 atom stereocenters. The zero-order valence-electron chi connectivity index (χ0n) is 21.3. The van der Waals surface area contributed by atoms with Gasteiger partial charge in [0.15, 0.2) is 0 Å². The number of carbonyl (C=O) groups is 2. The van der Waals surface area contributed by atoms with Crippen molar-refractivity contribution in [3.8, 4) is 16.9 Å². The lowest BCUT2D eigenvalue weighted by Crippen LogP contribution is -2.41. The molecule has 1 saturated carbocycles. The molecule has 1 fully saturated rings. The Labute approximate surface area is 224 Å². The highest BCUT2D eigenvalue weighted by molar-refractivity contribution is 5.95. The molecule has 0 spiro atoms. The molecule has 3 aromatic carbocycles. The average molecular weight is 542 g/mol. The molecule has 0 heterocycles. The van der Waals surface area contributed by atoms with Gasteiger partial charge in [0.1, 0.15) is 11.5 Å².